The maximum Gasteiger partial charge on any atom is 0.264 e. The van der Waals surface area contributed by atoms with Crippen LogP contribution in [0.15, 0.2) is 30.4 Å². The third-order valence-corrected chi connectivity index (χ3v) is 2.55. The summed E-state index contributed by atoms with van der Waals surface area (Å²) in [5.41, 5.74) is 5.17. The highest BCUT2D eigenvalue weighted by molar-refractivity contribution is 5.92. The molecular weight excluding hydrogens is 304 g/mol. The molecule has 0 unspecified atom stereocenters. The molecular formula is C14H14F4N2O2. The second kappa shape index (κ2) is 7.06. The van der Waals surface area contributed by atoms with Crippen molar-refractivity contribution in [2.45, 2.75) is 25.3 Å². The van der Waals surface area contributed by atoms with Crippen molar-refractivity contribution < 1.29 is 27.2 Å². The molecule has 0 saturated heterocycles. The quantitative estimate of drug-likeness (QED) is 0.619. The molecule has 1 atom stereocenters. The summed E-state index contributed by atoms with van der Waals surface area (Å²) in [5, 5.41) is 2.10. The smallest absolute Gasteiger partial charge is 0.264 e. The first-order valence-corrected chi connectivity index (χ1v) is 6.18. The van der Waals surface area contributed by atoms with E-state index in [9.17, 15) is 27.2 Å². The Bertz CT molecular complexity index is 577. The van der Waals surface area contributed by atoms with E-state index in [-0.39, 0.29) is 12.0 Å². The summed E-state index contributed by atoms with van der Waals surface area (Å²) in [6.45, 7) is 0.581. The lowest BCUT2D eigenvalue weighted by atomic mass is 10.0. The first-order valence-electron chi connectivity index (χ1n) is 6.18. The maximum absolute atomic E-state index is 13.1. The number of carbonyl (C=O) groups excluding carboxylic acids is 2. The zero-order chi connectivity index (χ0) is 16.9. The van der Waals surface area contributed by atoms with Crippen LogP contribution in [-0.4, -0.2) is 23.8 Å². The lowest BCUT2D eigenvalue weighted by Crippen LogP contribution is -2.45. The lowest BCUT2D eigenvalue weighted by molar-refractivity contribution is -0.125. The Morgan fingerprint density at radius 3 is 2.27 bits per heavy atom. The molecule has 0 aromatic heterocycles. The van der Waals surface area contributed by atoms with Crippen LogP contribution >= 0.6 is 0 Å². The normalized spacial score (nSPS) is 13.1. The minimum absolute atomic E-state index is 0.0893. The van der Waals surface area contributed by atoms with E-state index in [0.717, 1.165) is 12.1 Å². The van der Waals surface area contributed by atoms with Gasteiger partial charge in [0.1, 0.15) is 17.7 Å². The molecule has 0 spiro atoms. The van der Waals surface area contributed by atoms with Gasteiger partial charge in [0.05, 0.1) is 0 Å². The number of nitrogens with two attached hydrogens (primary N) is 1. The molecule has 120 valence electrons. The second-order valence-electron chi connectivity index (χ2n) is 4.73. The van der Waals surface area contributed by atoms with Crippen LogP contribution in [0.25, 0.3) is 0 Å². The number of alkyl halides is 2. The molecule has 3 N–H and O–H groups in total. The number of amides is 2. The van der Waals surface area contributed by atoms with Crippen molar-refractivity contribution in [3.8, 4) is 0 Å². The van der Waals surface area contributed by atoms with E-state index >= 15 is 0 Å². The number of rotatable bonds is 6. The first kappa shape index (κ1) is 17.7. The van der Waals surface area contributed by atoms with Gasteiger partial charge in [0.2, 0.25) is 11.8 Å². The van der Waals surface area contributed by atoms with Crippen molar-refractivity contribution in [1.29, 1.82) is 0 Å². The molecule has 0 bridgehead atoms. The summed E-state index contributed by atoms with van der Waals surface area (Å²) in [5.74, 6) is -6.83. The van der Waals surface area contributed by atoms with E-state index in [4.69, 9.17) is 5.73 Å². The van der Waals surface area contributed by atoms with Crippen molar-refractivity contribution in [3.63, 3.8) is 0 Å². The summed E-state index contributed by atoms with van der Waals surface area (Å²) in [4.78, 5) is 22.7. The number of carbonyl (C=O) groups is 2. The van der Waals surface area contributed by atoms with E-state index in [1.807, 2.05) is 0 Å². The Hall–Kier alpha value is -2.38. The molecule has 0 fully saturated rings. The molecule has 0 radical (unpaired) electrons. The summed E-state index contributed by atoms with van der Waals surface area (Å²) >= 11 is 0. The molecule has 4 nitrogen and oxygen atoms in total. The molecule has 0 aliphatic heterocycles. The largest absolute Gasteiger partial charge is 0.368 e. The Kier molecular flexibility index (Phi) is 5.67. The zero-order valence-electron chi connectivity index (χ0n) is 11.6. The molecule has 2 amide bonds. The van der Waals surface area contributed by atoms with E-state index in [0.29, 0.717) is 25.1 Å². The molecule has 8 heteroatoms. The average molecular weight is 318 g/mol. The maximum atomic E-state index is 13.1. The summed E-state index contributed by atoms with van der Waals surface area (Å²) in [6.07, 6.45) is 0.635. The first-order chi connectivity index (χ1) is 10.1. The van der Waals surface area contributed by atoms with Gasteiger partial charge in [0.25, 0.3) is 5.92 Å². The Morgan fingerprint density at radius 1 is 1.27 bits per heavy atom. The minimum atomic E-state index is -3.19. The monoisotopic (exact) mass is 318 g/mol. The number of benzene rings is 1. The van der Waals surface area contributed by atoms with Crippen molar-refractivity contribution in [2.24, 2.45) is 5.73 Å². The highest BCUT2D eigenvalue weighted by Crippen LogP contribution is 2.13. The van der Waals surface area contributed by atoms with Crippen LogP contribution in [0.4, 0.5) is 17.6 Å². The second-order valence-corrected chi connectivity index (χ2v) is 4.73. The third kappa shape index (κ3) is 6.38. The molecule has 1 rings (SSSR count). The van der Waals surface area contributed by atoms with Gasteiger partial charge < -0.3 is 11.1 Å². The molecule has 1 aromatic carbocycles. The predicted molar refractivity (Wildman–Crippen MR) is 70.9 cm³/mol. The van der Waals surface area contributed by atoms with Crippen molar-refractivity contribution >= 4 is 11.8 Å². The number of hydrogen-bond donors (Lipinski definition) is 2. The van der Waals surface area contributed by atoms with Gasteiger partial charge in [-0.3, -0.25) is 9.59 Å². The Labute approximate surface area is 124 Å². The van der Waals surface area contributed by atoms with Gasteiger partial charge in [-0.1, -0.05) is 0 Å². The predicted octanol–water partition coefficient (Wildman–Crippen LogP) is 1.69. The van der Waals surface area contributed by atoms with Crippen molar-refractivity contribution in [3.05, 3.63) is 47.5 Å². The standard InChI is InChI=1S/C14H14F4N2O2/c1-14(17,18)3-2-12(21)20-11(13(19)22)6-8-4-9(15)7-10(16)5-8/h2-5,7,11H,6H2,1H3,(H2,19,22)(H,20,21)/b3-2+/t11-/m0/s1. The summed E-state index contributed by atoms with van der Waals surface area (Å²) in [7, 11) is 0. The van der Waals surface area contributed by atoms with Gasteiger partial charge in [-0.25, -0.2) is 17.6 Å². The van der Waals surface area contributed by atoms with Crippen LogP contribution in [0, 0.1) is 11.6 Å². The van der Waals surface area contributed by atoms with E-state index < -0.39 is 35.4 Å². The van der Waals surface area contributed by atoms with Gasteiger partial charge in [0.15, 0.2) is 0 Å². The number of primary amides is 1. The highest BCUT2D eigenvalue weighted by atomic mass is 19.3. The van der Waals surface area contributed by atoms with Gasteiger partial charge in [-0.2, -0.15) is 0 Å². The van der Waals surface area contributed by atoms with Gasteiger partial charge in [-0.05, 0) is 23.8 Å². The van der Waals surface area contributed by atoms with Crippen molar-refractivity contribution in [1.82, 2.24) is 5.32 Å². The topological polar surface area (TPSA) is 72.2 Å². The highest BCUT2D eigenvalue weighted by Gasteiger charge is 2.20. The summed E-state index contributed by atoms with van der Waals surface area (Å²) < 4.78 is 51.3. The lowest BCUT2D eigenvalue weighted by Gasteiger charge is -2.14. The zero-order valence-corrected chi connectivity index (χ0v) is 11.6. The Balaban J connectivity index is 2.80. The van der Waals surface area contributed by atoms with Crippen molar-refractivity contribution in [2.75, 3.05) is 0 Å². The number of allylic oxidation sites excluding steroid dienone is 1. The number of hydrogen-bond acceptors (Lipinski definition) is 2. The minimum Gasteiger partial charge on any atom is -0.368 e. The fourth-order valence-electron chi connectivity index (χ4n) is 1.63. The molecule has 0 heterocycles. The third-order valence-electron chi connectivity index (χ3n) is 2.55. The SMILES string of the molecule is CC(F)(F)/C=C/C(=O)N[C@@H](Cc1cc(F)cc(F)c1)C(N)=O. The van der Waals surface area contributed by atoms with Gasteiger partial charge in [0, 0.05) is 25.5 Å². The van der Waals surface area contributed by atoms with Crippen LogP contribution in [0.1, 0.15) is 12.5 Å². The van der Waals surface area contributed by atoms with Crippen LogP contribution in [0.5, 0.6) is 0 Å². The molecule has 22 heavy (non-hydrogen) atoms. The molecule has 1 aromatic rings. The molecule has 0 aliphatic carbocycles. The molecule has 0 aliphatic rings. The number of halogens is 4. The van der Waals surface area contributed by atoms with Gasteiger partial charge in [-0.15, -0.1) is 0 Å². The van der Waals surface area contributed by atoms with Crippen LogP contribution in [0.3, 0.4) is 0 Å². The van der Waals surface area contributed by atoms with Gasteiger partial charge >= 0.3 is 0 Å². The fraction of sp³-hybridized carbons (Fsp3) is 0.286. The van der Waals surface area contributed by atoms with E-state index in [1.165, 1.54) is 0 Å². The van der Waals surface area contributed by atoms with Crippen LogP contribution in [-0.2, 0) is 16.0 Å². The fourth-order valence-corrected chi connectivity index (χ4v) is 1.63. The number of nitrogens with one attached hydrogen (secondary N) is 1. The average Bonchev–Trinajstić information content (AvgIpc) is 2.33. The van der Waals surface area contributed by atoms with Crippen LogP contribution in [0.2, 0.25) is 0 Å². The summed E-state index contributed by atoms with van der Waals surface area (Å²) in [6, 6.07) is 1.30. The Morgan fingerprint density at radius 2 is 1.82 bits per heavy atom. The molecule has 0 saturated carbocycles. The van der Waals surface area contributed by atoms with Crippen LogP contribution < -0.4 is 11.1 Å². The van der Waals surface area contributed by atoms with E-state index in [1.54, 1.807) is 0 Å². The van der Waals surface area contributed by atoms with E-state index in [2.05, 4.69) is 5.32 Å².